The fraction of sp³-hybridized carbons (Fsp3) is 0. The largest absolute Gasteiger partial charge is 0.355 e. The first-order valence-electron chi connectivity index (χ1n) is 8.13. The van der Waals surface area contributed by atoms with Gasteiger partial charge in [-0.25, -0.2) is 0 Å². The Balaban J connectivity index is 1.70. The predicted molar refractivity (Wildman–Crippen MR) is 100 cm³/mol. The minimum atomic E-state index is -0.535. The summed E-state index contributed by atoms with van der Waals surface area (Å²) in [5, 5.41) is 18.4. The molecule has 1 N–H and O–H groups in total. The van der Waals surface area contributed by atoms with E-state index in [0.717, 1.165) is 5.56 Å². The van der Waals surface area contributed by atoms with E-state index in [1.807, 2.05) is 30.3 Å². The number of hydrogen-bond acceptors (Lipinski definition) is 5. The molecule has 7 nitrogen and oxygen atoms in total. The van der Waals surface area contributed by atoms with Gasteiger partial charge in [0, 0.05) is 17.2 Å². The maximum atomic E-state index is 12.6. The lowest BCUT2D eigenvalue weighted by Gasteiger charge is -2.06. The number of carbonyl (C=O) groups excluding carboxylic acids is 1. The number of aromatic nitrogens is 1. The van der Waals surface area contributed by atoms with Gasteiger partial charge in [0.25, 0.3) is 11.6 Å². The van der Waals surface area contributed by atoms with Crippen molar-refractivity contribution >= 4 is 28.2 Å². The number of nitrogens with one attached hydrogen (secondary N) is 1. The molecule has 1 amide bonds. The molecule has 132 valence electrons. The molecule has 1 aromatic heterocycles. The minimum absolute atomic E-state index is 0.140. The van der Waals surface area contributed by atoms with Crippen LogP contribution in [0.2, 0.25) is 0 Å². The van der Waals surface area contributed by atoms with Gasteiger partial charge >= 0.3 is 0 Å². The van der Waals surface area contributed by atoms with Crippen LogP contribution >= 0.6 is 0 Å². The molecule has 0 radical (unpaired) electrons. The minimum Gasteiger partial charge on any atom is -0.355 e. The number of hydrogen-bond donors (Lipinski definition) is 1. The fourth-order valence-corrected chi connectivity index (χ4v) is 2.81. The van der Waals surface area contributed by atoms with Gasteiger partial charge in [-0.3, -0.25) is 14.9 Å². The average molecular weight is 359 g/mol. The maximum Gasteiger partial charge on any atom is 0.292 e. The highest BCUT2D eigenvalue weighted by molar-refractivity contribution is 6.08. The summed E-state index contributed by atoms with van der Waals surface area (Å²) in [6, 6.07) is 20.4. The Kier molecular flexibility index (Phi) is 4.10. The van der Waals surface area contributed by atoms with Crippen molar-refractivity contribution in [3.8, 4) is 11.3 Å². The van der Waals surface area contributed by atoms with E-state index in [1.165, 1.54) is 12.1 Å². The molecule has 0 aliphatic rings. The van der Waals surface area contributed by atoms with Crippen molar-refractivity contribution in [2.24, 2.45) is 0 Å². The quantitative estimate of drug-likeness (QED) is 0.422. The van der Waals surface area contributed by atoms with E-state index in [9.17, 15) is 14.9 Å². The standard InChI is InChI=1S/C20H13N3O4/c24-20(21-17-8-4-5-9-18(17)23(25)26)14-10-11-16-15(12-14)19(27-22-16)13-6-2-1-3-7-13/h1-12H,(H,21,24). The van der Waals surface area contributed by atoms with Crippen LogP contribution in [0.25, 0.3) is 22.2 Å². The number of nitrogens with zero attached hydrogens (tertiary/aromatic N) is 2. The monoisotopic (exact) mass is 359 g/mol. The fourth-order valence-electron chi connectivity index (χ4n) is 2.81. The van der Waals surface area contributed by atoms with Gasteiger partial charge in [-0.05, 0) is 24.3 Å². The molecule has 4 aromatic rings. The molecule has 0 atom stereocenters. The van der Waals surface area contributed by atoms with E-state index in [2.05, 4.69) is 10.5 Å². The Bertz CT molecular complexity index is 1150. The second-order valence-electron chi connectivity index (χ2n) is 5.84. The van der Waals surface area contributed by atoms with E-state index in [0.29, 0.717) is 22.2 Å². The van der Waals surface area contributed by atoms with E-state index < -0.39 is 10.8 Å². The first-order valence-corrected chi connectivity index (χ1v) is 8.13. The highest BCUT2D eigenvalue weighted by Gasteiger charge is 2.17. The van der Waals surface area contributed by atoms with Gasteiger partial charge in [0.05, 0.1) is 10.3 Å². The number of para-hydroxylation sites is 2. The second-order valence-corrected chi connectivity index (χ2v) is 5.84. The van der Waals surface area contributed by atoms with E-state index in [1.54, 1.807) is 30.3 Å². The number of amides is 1. The maximum absolute atomic E-state index is 12.6. The van der Waals surface area contributed by atoms with Crippen molar-refractivity contribution in [1.29, 1.82) is 0 Å². The van der Waals surface area contributed by atoms with Crippen LogP contribution in [0, 0.1) is 10.1 Å². The van der Waals surface area contributed by atoms with Gasteiger partial charge < -0.3 is 9.84 Å². The first kappa shape index (κ1) is 16.5. The molecule has 1 heterocycles. The molecule has 0 aliphatic heterocycles. The number of anilines is 1. The molecule has 0 aliphatic carbocycles. The zero-order chi connectivity index (χ0) is 18.8. The van der Waals surface area contributed by atoms with Crippen molar-refractivity contribution in [1.82, 2.24) is 5.16 Å². The van der Waals surface area contributed by atoms with E-state index in [4.69, 9.17) is 4.52 Å². The third kappa shape index (κ3) is 3.13. The van der Waals surface area contributed by atoms with Crippen LogP contribution in [0.1, 0.15) is 10.4 Å². The average Bonchev–Trinajstić information content (AvgIpc) is 3.12. The van der Waals surface area contributed by atoms with Crippen LogP contribution in [-0.4, -0.2) is 16.0 Å². The number of nitro groups is 1. The number of fused-ring (bicyclic) bond motifs is 1. The predicted octanol–water partition coefficient (Wildman–Crippen LogP) is 4.66. The lowest BCUT2D eigenvalue weighted by molar-refractivity contribution is -0.383. The summed E-state index contributed by atoms with van der Waals surface area (Å²) in [7, 11) is 0. The Morgan fingerprint density at radius 1 is 1.00 bits per heavy atom. The smallest absolute Gasteiger partial charge is 0.292 e. The van der Waals surface area contributed by atoms with Crippen LogP contribution in [0.3, 0.4) is 0 Å². The Morgan fingerprint density at radius 2 is 1.74 bits per heavy atom. The van der Waals surface area contributed by atoms with Gasteiger partial charge in [-0.2, -0.15) is 0 Å². The van der Waals surface area contributed by atoms with Crippen LogP contribution < -0.4 is 5.32 Å². The molecule has 0 spiro atoms. The Hall–Kier alpha value is -4.00. The van der Waals surface area contributed by atoms with Gasteiger partial charge in [0.1, 0.15) is 11.2 Å². The molecule has 0 unspecified atom stereocenters. The molecule has 3 aromatic carbocycles. The number of carbonyl (C=O) groups is 1. The number of rotatable bonds is 4. The van der Waals surface area contributed by atoms with Crippen LogP contribution in [0.5, 0.6) is 0 Å². The van der Waals surface area contributed by atoms with Crippen molar-refractivity contribution < 1.29 is 14.2 Å². The highest BCUT2D eigenvalue weighted by atomic mass is 16.6. The Labute approximate surface area is 153 Å². The Morgan fingerprint density at radius 3 is 2.52 bits per heavy atom. The molecular weight excluding hydrogens is 346 g/mol. The van der Waals surface area contributed by atoms with Crippen molar-refractivity contribution in [3.05, 3.63) is 88.5 Å². The second kappa shape index (κ2) is 6.72. The van der Waals surface area contributed by atoms with Crippen molar-refractivity contribution in [3.63, 3.8) is 0 Å². The number of nitro benzene ring substituents is 1. The lowest BCUT2D eigenvalue weighted by atomic mass is 10.1. The zero-order valence-corrected chi connectivity index (χ0v) is 14.0. The summed E-state index contributed by atoms with van der Waals surface area (Å²) in [5.41, 5.74) is 1.79. The van der Waals surface area contributed by atoms with Crippen LogP contribution in [0.15, 0.2) is 77.3 Å². The van der Waals surface area contributed by atoms with Gasteiger partial charge in [0.15, 0.2) is 5.76 Å². The summed E-state index contributed by atoms with van der Waals surface area (Å²) < 4.78 is 5.43. The topological polar surface area (TPSA) is 98.3 Å². The van der Waals surface area contributed by atoms with Crippen LogP contribution in [-0.2, 0) is 0 Å². The van der Waals surface area contributed by atoms with Crippen LogP contribution in [0.4, 0.5) is 11.4 Å². The van der Waals surface area contributed by atoms with Crippen molar-refractivity contribution in [2.45, 2.75) is 0 Å². The first-order chi connectivity index (χ1) is 13.1. The molecule has 0 fully saturated rings. The normalized spacial score (nSPS) is 10.7. The zero-order valence-electron chi connectivity index (χ0n) is 14.0. The van der Waals surface area contributed by atoms with Gasteiger partial charge in [-0.1, -0.05) is 47.6 Å². The molecular formula is C20H13N3O4. The molecule has 0 saturated heterocycles. The molecule has 7 heteroatoms. The summed E-state index contributed by atoms with van der Waals surface area (Å²) in [6.07, 6.45) is 0. The molecule has 27 heavy (non-hydrogen) atoms. The summed E-state index contributed by atoms with van der Waals surface area (Å²) in [4.78, 5) is 23.2. The van der Waals surface area contributed by atoms with E-state index >= 15 is 0 Å². The summed E-state index contributed by atoms with van der Waals surface area (Å²) in [5.74, 6) is 0.109. The summed E-state index contributed by atoms with van der Waals surface area (Å²) in [6.45, 7) is 0. The SMILES string of the molecule is O=C(Nc1ccccc1[N+](=O)[O-])c1ccc2noc(-c3ccccc3)c2c1. The molecule has 0 saturated carbocycles. The van der Waals surface area contributed by atoms with Gasteiger partial charge in [-0.15, -0.1) is 0 Å². The van der Waals surface area contributed by atoms with Crippen molar-refractivity contribution in [2.75, 3.05) is 5.32 Å². The molecule has 4 rings (SSSR count). The van der Waals surface area contributed by atoms with E-state index in [-0.39, 0.29) is 11.4 Å². The third-order valence-corrected chi connectivity index (χ3v) is 4.12. The number of benzene rings is 3. The summed E-state index contributed by atoms with van der Waals surface area (Å²) >= 11 is 0. The van der Waals surface area contributed by atoms with Gasteiger partial charge in [0.2, 0.25) is 0 Å². The highest BCUT2D eigenvalue weighted by Crippen LogP contribution is 2.30. The lowest BCUT2D eigenvalue weighted by Crippen LogP contribution is -2.13. The molecule has 0 bridgehead atoms. The third-order valence-electron chi connectivity index (χ3n) is 4.12.